The van der Waals surface area contributed by atoms with Crippen molar-refractivity contribution in [2.45, 2.75) is 70.0 Å². The largest absolute Gasteiger partial charge is 0.497 e. The smallest absolute Gasteiger partial charge is 0.243 e. The Hall–Kier alpha value is -2.91. The van der Waals surface area contributed by atoms with Crippen molar-refractivity contribution in [1.29, 1.82) is 0 Å². The van der Waals surface area contributed by atoms with Crippen LogP contribution in [0.5, 0.6) is 5.75 Å². The molecule has 36 heavy (non-hydrogen) atoms. The van der Waals surface area contributed by atoms with E-state index in [1.807, 2.05) is 45.0 Å². The second-order valence-electron chi connectivity index (χ2n) is 10.4. The van der Waals surface area contributed by atoms with Crippen molar-refractivity contribution in [1.82, 2.24) is 14.9 Å². The molecule has 1 aliphatic heterocycles. The molecule has 0 saturated carbocycles. The van der Waals surface area contributed by atoms with Gasteiger partial charge in [0.1, 0.15) is 18.0 Å². The molecule has 1 aliphatic rings. The predicted octanol–water partition coefficient (Wildman–Crippen LogP) is 3.48. The molecule has 0 aromatic heterocycles. The number of hydrogen-bond acceptors (Lipinski definition) is 5. The molecule has 0 aliphatic carbocycles. The Kier molecular flexibility index (Phi) is 9.13. The molecule has 0 unspecified atom stereocenters. The van der Waals surface area contributed by atoms with Crippen LogP contribution in [-0.4, -0.2) is 50.4 Å². The number of amides is 2. The normalized spacial score (nSPS) is 17.7. The molecule has 1 saturated heterocycles. The van der Waals surface area contributed by atoms with Crippen molar-refractivity contribution in [2.24, 2.45) is 5.41 Å². The Morgan fingerprint density at radius 1 is 1.03 bits per heavy atom. The van der Waals surface area contributed by atoms with E-state index < -0.39 is 28.1 Å². The molecule has 0 radical (unpaired) electrons. The van der Waals surface area contributed by atoms with Crippen LogP contribution in [0.15, 0.2) is 59.5 Å². The average molecular weight is 516 g/mol. The van der Waals surface area contributed by atoms with Gasteiger partial charge in [0.25, 0.3) is 0 Å². The van der Waals surface area contributed by atoms with Crippen LogP contribution in [-0.2, 0) is 26.0 Å². The Balaban J connectivity index is 1.80. The van der Waals surface area contributed by atoms with Crippen LogP contribution in [0.1, 0.15) is 52.0 Å². The number of carbonyl (C=O) groups is 2. The molecular formula is C27H37N3O5S. The summed E-state index contributed by atoms with van der Waals surface area (Å²) >= 11 is 0. The van der Waals surface area contributed by atoms with Crippen molar-refractivity contribution in [2.75, 3.05) is 13.7 Å². The zero-order valence-electron chi connectivity index (χ0n) is 21.5. The number of nitrogens with one attached hydrogen (secondary N) is 2. The summed E-state index contributed by atoms with van der Waals surface area (Å²) in [6.45, 7) is 6.18. The van der Waals surface area contributed by atoms with E-state index in [0.29, 0.717) is 31.4 Å². The SMILES string of the molecule is COc1ccc(C[C@@H](NC(=O)CC(C)(C)C)NC(=O)[C@@H]2CCCCN2S(=O)(=O)c2ccccc2)cc1. The van der Waals surface area contributed by atoms with Crippen LogP contribution in [0, 0.1) is 5.41 Å². The van der Waals surface area contributed by atoms with Crippen molar-refractivity contribution in [3.63, 3.8) is 0 Å². The van der Waals surface area contributed by atoms with Gasteiger partial charge < -0.3 is 15.4 Å². The van der Waals surface area contributed by atoms with Gasteiger partial charge >= 0.3 is 0 Å². The lowest BCUT2D eigenvalue weighted by molar-refractivity contribution is -0.128. The summed E-state index contributed by atoms with van der Waals surface area (Å²) in [5.74, 6) is 0.113. The first kappa shape index (κ1) is 27.7. The minimum absolute atomic E-state index is 0.165. The average Bonchev–Trinajstić information content (AvgIpc) is 2.83. The Bertz CT molecular complexity index is 1130. The van der Waals surface area contributed by atoms with Gasteiger partial charge in [-0.05, 0) is 48.1 Å². The lowest BCUT2D eigenvalue weighted by Crippen LogP contribution is -2.57. The molecule has 2 aromatic carbocycles. The maximum Gasteiger partial charge on any atom is 0.243 e. The number of sulfonamides is 1. The van der Waals surface area contributed by atoms with Crippen molar-refractivity contribution in [3.8, 4) is 5.75 Å². The molecule has 9 heteroatoms. The fourth-order valence-electron chi connectivity index (χ4n) is 4.31. The van der Waals surface area contributed by atoms with E-state index in [4.69, 9.17) is 4.74 Å². The number of methoxy groups -OCH3 is 1. The van der Waals surface area contributed by atoms with Crippen LogP contribution < -0.4 is 15.4 Å². The standard InChI is InChI=1S/C27H37N3O5S/c1-27(2,3)19-25(31)28-24(18-20-13-15-21(35-4)16-14-20)29-26(32)23-12-8-9-17-30(23)36(33,34)22-10-6-5-7-11-22/h5-7,10-11,13-16,23-24H,8-9,12,17-19H2,1-4H3,(H,28,31)(H,29,32)/t23-,24-/m0/s1. The molecule has 1 fully saturated rings. The lowest BCUT2D eigenvalue weighted by atomic mass is 9.92. The van der Waals surface area contributed by atoms with Gasteiger partial charge in [0.05, 0.1) is 12.0 Å². The minimum Gasteiger partial charge on any atom is -0.497 e. The molecule has 1 heterocycles. The maximum atomic E-state index is 13.5. The van der Waals surface area contributed by atoms with Crippen LogP contribution in [0.4, 0.5) is 0 Å². The highest BCUT2D eigenvalue weighted by Crippen LogP contribution is 2.26. The minimum atomic E-state index is -3.83. The lowest BCUT2D eigenvalue weighted by Gasteiger charge is -2.35. The molecule has 2 aromatic rings. The molecule has 8 nitrogen and oxygen atoms in total. The highest BCUT2D eigenvalue weighted by atomic mass is 32.2. The zero-order chi connectivity index (χ0) is 26.3. The monoisotopic (exact) mass is 515 g/mol. The van der Waals surface area contributed by atoms with Gasteiger partial charge in [0.2, 0.25) is 21.8 Å². The summed E-state index contributed by atoms with van der Waals surface area (Å²) in [6, 6.07) is 14.7. The number of benzene rings is 2. The van der Waals surface area contributed by atoms with E-state index in [-0.39, 0.29) is 22.8 Å². The van der Waals surface area contributed by atoms with Gasteiger partial charge in [-0.15, -0.1) is 0 Å². The highest BCUT2D eigenvalue weighted by molar-refractivity contribution is 7.89. The summed E-state index contributed by atoms with van der Waals surface area (Å²) in [6.07, 6.45) is 1.81. The molecule has 3 rings (SSSR count). The molecule has 2 amide bonds. The summed E-state index contributed by atoms with van der Waals surface area (Å²) in [4.78, 5) is 26.4. The number of hydrogen-bond donors (Lipinski definition) is 2. The first-order chi connectivity index (χ1) is 17.0. The van der Waals surface area contributed by atoms with Crippen molar-refractivity contribution >= 4 is 21.8 Å². The van der Waals surface area contributed by atoms with Crippen molar-refractivity contribution < 1.29 is 22.7 Å². The first-order valence-corrected chi connectivity index (χ1v) is 13.7. The van der Waals surface area contributed by atoms with E-state index in [0.717, 1.165) is 12.0 Å². The third-order valence-electron chi connectivity index (χ3n) is 6.05. The van der Waals surface area contributed by atoms with E-state index >= 15 is 0 Å². The number of nitrogens with zero attached hydrogens (tertiary/aromatic N) is 1. The van der Waals surface area contributed by atoms with Gasteiger partial charge in [-0.3, -0.25) is 9.59 Å². The second-order valence-corrected chi connectivity index (χ2v) is 12.2. The quantitative estimate of drug-likeness (QED) is 0.498. The van der Waals surface area contributed by atoms with Gasteiger partial charge in [-0.1, -0.05) is 57.5 Å². The fraction of sp³-hybridized carbons (Fsp3) is 0.481. The summed E-state index contributed by atoms with van der Waals surface area (Å²) < 4.78 is 33.2. The third kappa shape index (κ3) is 7.54. The summed E-state index contributed by atoms with van der Waals surface area (Å²) in [5.41, 5.74) is 0.678. The molecular weight excluding hydrogens is 478 g/mol. The van der Waals surface area contributed by atoms with E-state index in [9.17, 15) is 18.0 Å². The fourth-order valence-corrected chi connectivity index (χ4v) is 5.99. The van der Waals surface area contributed by atoms with Crippen LogP contribution in [0.3, 0.4) is 0 Å². The third-order valence-corrected chi connectivity index (χ3v) is 7.97. The topological polar surface area (TPSA) is 105 Å². The maximum absolute atomic E-state index is 13.5. The molecule has 2 N–H and O–H groups in total. The zero-order valence-corrected chi connectivity index (χ0v) is 22.3. The van der Waals surface area contributed by atoms with Crippen LogP contribution in [0.2, 0.25) is 0 Å². The number of ether oxygens (including phenoxy) is 1. The second kappa shape index (κ2) is 11.9. The van der Waals surface area contributed by atoms with E-state index in [1.54, 1.807) is 25.3 Å². The van der Waals surface area contributed by atoms with Gasteiger partial charge in [-0.2, -0.15) is 4.31 Å². The van der Waals surface area contributed by atoms with Crippen molar-refractivity contribution in [3.05, 3.63) is 60.2 Å². The summed E-state index contributed by atoms with van der Waals surface area (Å²) in [5, 5.41) is 5.86. The van der Waals surface area contributed by atoms with Crippen LogP contribution >= 0.6 is 0 Å². The van der Waals surface area contributed by atoms with E-state index in [1.165, 1.54) is 16.4 Å². The van der Waals surface area contributed by atoms with E-state index in [2.05, 4.69) is 10.6 Å². The molecule has 2 atom stereocenters. The first-order valence-electron chi connectivity index (χ1n) is 12.3. The van der Waals surface area contributed by atoms with Crippen LogP contribution in [0.25, 0.3) is 0 Å². The number of carbonyl (C=O) groups excluding carboxylic acids is 2. The number of rotatable bonds is 9. The molecule has 0 spiro atoms. The van der Waals surface area contributed by atoms with Gasteiger partial charge in [0.15, 0.2) is 0 Å². The Labute approximate surface area is 214 Å². The number of piperidine rings is 1. The molecule has 0 bridgehead atoms. The predicted molar refractivity (Wildman–Crippen MR) is 139 cm³/mol. The van der Waals surface area contributed by atoms with Gasteiger partial charge in [-0.25, -0.2) is 8.42 Å². The summed E-state index contributed by atoms with van der Waals surface area (Å²) in [7, 11) is -2.25. The van der Waals surface area contributed by atoms with Gasteiger partial charge in [0, 0.05) is 19.4 Å². The Morgan fingerprint density at radius 2 is 1.69 bits per heavy atom. The highest BCUT2D eigenvalue weighted by Gasteiger charge is 2.38. The molecule has 196 valence electrons. The Morgan fingerprint density at radius 3 is 2.31 bits per heavy atom.